The van der Waals surface area contributed by atoms with Crippen molar-refractivity contribution in [3.8, 4) is 0 Å². The van der Waals surface area contributed by atoms with Gasteiger partial charge in [-0.3, -0.25) is 0 Å². The van der Waals surface area contributed by atoms with E-state index in [1.54, 1.807) is 0 Å². The maximum atomic E-state index is 5.94. The summed E-state index contributed by atoms with van der Waals surface area (Å²) >= 11 is 13.5. The van der Waals surface area contributed by atoms with E-state index < -0.39 is 0 Å². The minimum Gasteiger partial charge on any atom is -0.364 e. The van der Waals surface area contributed by atoms with Gasteiger partial charge >= 0.3 is 0 Å². The second kappa shape index (κ2) is 6.07. The molecule has 1 N–H and O–H groups in total. The van der Waals surface area contributed by atoms with Crippen molar-refractivity contribution < 1.29 is 0 Å². The topological polar surface area (TPSA) is 50.7 Å². The van der Waals surface area contributed by atoms with Crippen LogP contribution in [0.4, 0.5) is 5.82 Å². The average Bonchev–Trinajstić information content (AvgIpc) is 2.34. The molecule has 1 aliphatic carbocycles. The predicted molar refractivity (Wildman–Crippen MR) is 73.0 cm³/mol. The first-order valence-electron chi connectivity index (χ1n) is 5.55. The van der Waals surface area contributed by atoms with Gasteiger partial charge in [-0.05, 0) is 30.7 Å². The zero-order chi connectivity index (χ0) is 12.3. The van der Waals surface area contributed by atoms with Gasteiger partial charge in [0.05, 0.1) is 0 Å². The van der Waals surface area contributed by atoms with Crippen LogP contribution in [-0.2, 0) is 0 Å². The molecule has 0 amide bonds. The number of hydrogen-bond acceptors (Lipinski definition) is 5. The zero-order valence-electron chi connectivity index (χ0n) is 9.49. The molecular weight excluding hydrogens is 279 g/mol. The van der Waals surface area contributed by atoms with Crippen molar-refractivity contribution in [3.63, 3.8) is 0 Å². The third kappa shape index (κ3) is 3.36. The van der Waals surface area contributed by atoms with Gasteiger partial charge in [0.25, 0.3) is 0 Å². The summed E-state index contributed by atoms with van der Waals surface area (Å²) in [6.45, 7) is 0. The molecule has 0 spiro atoms. The van der Waals surface area contributed by atoms with Crippen molar-refractivity contribution in [2.75, 3.05) is 11.6 Å². The molecule has 1 heterocycles. The molecule has 4 nitrogen and oxygen atoms in total. The number of halogens is 2. The Morgan fingerprint density at radius 1 is 1.24 bits per heavy atom. The van der Waals surface area contributed by atoms with Crippen LogP contribution in [0.15, 0.2) is 0 Å². The molecule has 94 valence electrons. The molecule has 1 saturated carbocycles. The van der Waals surface area contributed by atoms with Gasteiger partial charge in [-0.1, -0.05) is 24.4 Å². The number of aromatic nitrogens is 3. The number of rotatable bonds is 3. The van der Waals surface area contributed by atoms with E-state index in [-0.39, 0.29) is 10.4 Å². The van der Waals surface area contributed by atoms with Crippen LogP contribution in [-0.4, -0.2) is 32.7 Å². The molecule has 2 rings (SSSR count). The fourth-order valence-corrected chi connectivity index (χ4v) is 3.30. The Morgan fingerprint density at radius 2 is 2.00 bits per heavy atom. The quantitative estimate of drug-likeness (QED) is 0.927. The molecule has 7 heteroatoms. The number of nitrogens with one attached hydrogen (secondary N) is 1. The minimum absolute atomic E-state index is 0.119. The first-order valence-corrected chi connectivity index (χ1v) is 7.60. The number of nitrogens with zero attached hydrogens (tertiary/aromatic N) is 3. The van der Waals surface area contributed by atoms with Crippen molar-refractivity contribution in [3.05, 3.63) is 10.4 Å². The van der Waals surface area contributed by atoms with E-state index in [1.807, 2.05) is 11.8 Å². The maximum absolute atomic E-state index is 5.94. The molecule has 1 aromatic heterocycles. The van der Waals surface area contributed by atoms with Gasteiger partial charge in [0.15, 0.2) is 11.0 Å². The minimum atomic E-state index is 0.119. The number of thioether (sulfide) groups is 1. The van der Waals surface area contributed by atoms with E-state index in [0.29, 0.717) is 17.1 Å². The van der Waals surface area contributed by atoms with Crippen LogP contribution < -0.4 is 5.32 Å². The van der Waals surface area contributed by atoms with Gasteiger partial charge in [0.2, 0.25) is 5.28 Å². The molecule has 17 heavy (non-hydrogen) atoms. The van der Waals surface area contributed by atoms with E-state index in [0.717, 1.165) is 6.42 Å². The van der Waals surface area contributed by atoms with E-state index in [4.69, 9.17) is 23.2 Å². The van der Waals surface area contributed by atoms with Crippen LogP contribution in [0, 0.1) is 0 Å². The Balaban J connectivity index is 2.10. The van der Waals surface area contributed by atoms with Gasteiger partial charge in [0.1, 0.15) is 0 Å². The zero-order valence-corrected chi connectivity index (χ0v) is 11.8. The lowest BCUT2D eigenvalue weighted by atomic mass is 9.95. The average molecular weight is 293 g/mol. The van der Waals surface area contributed by atoms with Gasteiger partial charge in [0, 0.05) is 11.3 Å². The first kappa shape index (κ1) is 13.2. The summed E-state index contributed by atoms with van der Waals surface area (Å²) in [5, 5.41) is 11.7. The van der Waals surface area contributed by atoms with Crippen LogP contribution in [0.2, 0.25) is 10.4 Å². The van der Waals surface area contributed by atoms with Crippen molar-refractivity contribution >= 4 is 40.8 Å². The summed E-state index contributed by atoms with van der Waals surface area (Å²) < 4.78 is 0. The van der Waals surface area contributed by atoms with E-state index in [9.17, 15) is 0 Å². The maximum Gasteiger partial charge on any atom is 0.245 e. The molecule has 2 atom stereocenters. The SMILES string of the molecule is CSC1CCCCC1Nc1nc(Cl)nnc1Cl. The number of anilines is 1. The first-order chi connectivity index (χ1) is 8.20. The monoisotopic (exact) mass is 292 g/mol. The van der Waals surface area contributed by atoms with Gasteiger partial charge in [-0.15, -0.1) is 10.2 Å². The van der Waals surface area contributed by atoms with Crippen LogP contribution in [0.1, 0.15) is 25.7 Å². The summed E-state index contributed by atoms with van der Waals surface area (Å²) in [6.07, 6.45) is 7.02. The highest BCUT2D eigenvalue weighted by Gasteiger charge is 2.25. The molecule has 1 fully saturated rings. The lowest BCUT2D eigenvalue weighted by Gasteiger charge is -2.31. The third-order valence-electron chi connectivity index (χ3n) is 2.95. The summed E-state index contributed by atoms with van der Waals surface area (Å²) in [4.78, 5) is 4.08. The van der Waals surface area contributed by atoms with Gasteiger partial charge in [-0.25, -0.2) is 0 Å². The molecule has 0 bridgehead atoms. The fraction of sp³-hybridized carbons (Fsp3) is 0.700. The fourth-order valence-electron chi connectivity index (χ4n) is 2.10. The van der Waals surface area contributed by atoms with Crippen molar-refractivity contribution in [1.29, 1.82) is 0 Å². The smallest absolute Gasteiger partial charge is 0.245 e. The van der Waals surface area contributed by atoms with Gasteiger partial charge < -0.3 is 5.32 Å². The highest BCUT2D eigenvalue weighted by molar-refractivity contribution is 7.99. The molecular formula is C10H14Cl2N4S. The molecule has 0 aliphatic heterocycles. The summed E-state index contributed by atoms with van der Waals surface area (Å²) in [5.74, 6) is 0.539. The highest BCUT2D eigenvalue weighted by atomic mass is 35.5. The van der Waals surface area contributed by atoms with Crippen LogP contribution in [0.5, 0.6) is 0 Å². The van der Waals surface area contributed by atoms with E-state index in [1.165, 1.54) is 19.3 Å². The normalized spacial score (nSPS) is 24.6. The lowest BCUT2D eigenvalue weighted by Crippen LogP contribution is -2.34. The van der Waals surface area contributed by atoms with E-state index >= 15 is 0 Å². The molecule has 2 unspecified atom stereocenters. The third-order valence-corrected chi connectivity index (χ3v) is 4.53. The molecule has 0 aromatic carbocycles. The Bertz CT molecular complexity index is 391. The molecule has 0 saturated heterocycles. The molecule has 1 aromatic rings. The second-order valence-electron chi connectivity index (χ2n) is 4.03. The Kier molecular flexibility index (Phi) is 4.70. The van der Waals surface area contributed by atoms with Crippen molar-refractivity contribution in [1.82, 2.24) is 15.2 Å². The summed E-state index contributed by atoms with van der Waals surface area (Å²) in [7, 11) is 0. The van der Waals surface area contributed by atoms with Crippen LogP contribution in [0.25, 0.3) is 0 Å². The van der Waals surface area contributed by atoms with E-state index in [2.05, 4.69) is 26.8 Å². The standard InChI is InChI=1S/C10H14Cl2N4S/c1-17-7-5-3-2-4-6(7)13-9-8(11)15-16-10(12)14-9/h6-7H,2-5H2,1H3,(H,13,14,16). The van der Waals surface area contributed by atoms with Gasteiger partial charge in [-0.2, -0.15) is 16.7 Å². The van der Waals surface area contributed by atoms with Crippen molar-refractivity contribution in [2.45, 2.75) is 37.0 Å². The van der Waals surface area contributed by atoms with Crippen LogP contribution >= 0.6 is 35.0 Å². The van der Waals surface area contributed by atoms with Crippen LogP contribution in [0.3, 0.4) is 0 Å². The second-order valence-corrected chi connectivity index (χ2v) is 5.80. The van der Waals surface area contributed by atoms with Crippen molar-refractivity contribution in [2.24, 2.45) is 0 Å². The predicted octanol–water partition coefficient (Wildman–Crippen LogP) is 3.26. The number of hydrogen-bond donors (Lipinski definition) is 1. The Morgan fingerprint density at radius 3 is 2.76 bits per heavy atom. The highest BCUT2D eigenvalue weighted by Crippen LogP contribution is 2.30. The lowest BCUT2D eigenvalue weighted by molar-refractivity contribution is 0.474. The molecule has 1 aliphatic rings. The molecule has 0 radical (unpaired) electrons. The Hall–Kier alpha value is -0.260. The Labute approximate surface area is 115 Å². The summed E-state index contributed by atoms with van der Waals surface area (Å²) in [6, 6.07) is 0.379. The summed E-state index contributed by atoms with van der Waals surface area (Å²) in [5.41, 5.74) is 0. The largest absolute Gasteiger partial charge is 0.364 e.